The lowest BCUT2D eigenvalue weighted by Gasteiger charge is -2.11. The standard InChI is InChI=1S/C14H12FNO3S/c1-7-9-3-2-8(15)6-10(9)20-11(7)12(17)16-14(4-5-14)13(18)19/h2-3,6H,4-5H2,1H3,(H,16,17)(H,18,19). The average molecular weight is 293 g/mol. The van der Waals surface area contributed by atoms with Crippen LogP contribution in [0, 0.1) is 12.7 Å². The van der Waals surface area contributed by atoms with Crippen molar-refractivity contribution < 1.29 is 19.1 Å². The molecule has 0 saturated heterocycles. The van der Waals surface area contributed by atoms with Gasteiger partial charge in [-0.15, -0.1) is 11.3 Å². The van der Waals surface area contributed by atoms with Gasteiger partial charge in [-0.1, -0.05) is 6.07 Å². The number of hydrogen-bond donors (Lipinski definition) is 2. The topological polar surface area (TPSA) is 66.4 Å². The summed E-state index contributed by atoms with van der Waals surface area (Å²) >= 11 is 1.18. The molecular formula is C14H12FNO3S. The van der Waals surface area contributed by atoms with E-state index in [1.54, 1.807) is 13.0 Å². The molecule has 3 rings (SSSR count). The van der Waals surface area contributed by atoms with E-state index in [2.05, 4.69) is 5.32 Å². The van der Waals surface area contributed by atoms with Crippen LogP contribution in [-0.2, 0) is 4.79 Å². The molecule has 1 aliphatic carbocycles. The van der Waals surface area contributed by atoms with Crippen molar-refractivity contribution in [3.63, 3.8) is 0 Å². The fourth-order valence-corrected chi connectivity index (χ4v) is 3.34. The summed E-state index contributed by atoms with van der Waals surface area (Å²) in [7, 11) is 0. The minimum atomic E-state index is -1.11. The maximum Gasteiger partial charge on any atom is 0.329 e. The third-order valence-corrected chi connectivity index (χ3v) is 4.87. The molecule has 0 aliphatic heterocycles. The van der Waals surface area contributed by atoms with Crippen molar-refractivity contribution in [1.82, 2.24) is 5.32 Å². The number of benzene rings is 1. The summed E-state index contributed by atoms with van der Waals surface area (Å²) in [5, 5.41) is 12.5. The van der Waals surface area contributed by atoms with Crippen LogP contribution in [-0.4, -0.2) is 22.5 Å². The molecule has 2 N–H and O–H groups in total. The molecule has 0 radical (unpaired) electrons. The Balaban J connectivity index is 1.96. The van der Waals surface area contributed by atoms with Crippen LogP contribution in [0.2, 0.25) is 0 Å². The minimum absolute atomic E-state index is 0.352. The molecule has 1 aliphatic rings. The Kier molecular flexibility index (Phi) is 2.79. The van der Waals surface area contributed by atoms with Gasteiger partial charge in [0.1, 0.15) is 11.4 Å². The summed E-state index contributed by atoms with van der Waals surface area (Å²) in [5.41, 5.74) is -0.353. The van der Waals surface area contributed by atoms with Crippen LogP contribution in [0.5, 0.6) is 0 Å². The van der Waals surface area contributed by atoms with Crippen molar-refractivity contribution in [3.05, 3.63) is 34.5 Å². The van der Waals surface area contributed by atoms with Gasteiger partial charge in [-0.3, -0.25) is 4.79 Å². The molecule has 1 aromatic heterocycles. The third kappa shape index (κ3) is 1.96. The van der Waals surface area contributed by atoms with Crippen molar-refractivity contribution in [3.8, 4) is 0 Å². The van der Waals surface area contributed by atoms with Crippen molar-refractivity contribution in [2.45, 2.75) is 25.3 Å². The number of carbonyl (C=O) groups is 2. The minimum Gasteiger partial charge on any atom is -0.480 e. The number of aliphatic carboxylic acids is 1. The lowest BCUT2D eigenvalue weighted by atomic mass is 10.1. The van der Waals surface area contributed by atoms with E-state index in [-0.39, 0.29) is 5.82 Å². The summed E-state index contributed by atoms with van der Waals surface area (Å²) < 4.78 is 13.9. The number of carboxylic acid groups (broad SMARTS) is 1. The summed E-state index contributed by atoms with van der Waals surface area (Å²) in [5.74, 6) is -1.76. The van der Waals surface area contributed by atoms with Crippen LogP contribution >= 0.6 is 11.3 Å². The van der Waals surface area contributed by atoms with Gasteiger partial charge in [0.15, 0.2) is 0 Å². The number of amides is 1. The Morgan fingerprint density at radius 1 is 1.40 bits per heavy atom. The van der Waals surface area contributed by atoms with E-state index in [9.17, 15) is 14.0 Å². The van der Waals surface area contributed by atoms with Gasteiger partial charge in [0.05, 0.1) is 4.88 Å². The van der Waals surface area contributed by atoms with E-state index in [4.69, 9.17) is 5.11 Å². The molecule has 0 unspecified atom stereocenters. The summed E-state index contributed by atoms with van der Waals surface area (Å²) in [6.07, 6.45) is 0.902. The number of rotatable bonds is 3. The number of hydrogen-bond acceptors (Lipinski definition) is 3. The van der Waals surface area contributed by atoms with Crippen LogP contribution in [0.1, 0.15) is 28.1 Å². The summed E-state index contributed by atoms with van der Waals surface area (Å²) in [6, 6.07) is 4.37. The molecule has 104 valence electrons. The molecule has 6 heteroatoms. The highest BCUT2D eigenvalue weighted by Gasteiger charge is 2.51. The van der Waals surface area contributed by atoms with Gasteiger partial charge in [-0.25, -0.2) is 9.18 Å². The Hall–Kier alpha value is -1.95. The number of carboxylic acids is 1. The van der Waals surface area contributed by atoms with Gasteiger partial charge in [0, 0.05) is 4.70 Å². The molecule has 4 nitrogen and oxygen atoms in total. The molecule has 1 amide bonds. The quantitative estimate of drug-likeness (QED) is 0.914. The first-order valence-corrected chi connectivity index (χ1v) is 6.99. The number of carbonyl (C=O) groups excluding carboxylic acids is 1. The third-order valence-electron chi connectivity index (χ3n) is 3.62. The molecule has 2 aromatic rings. The molecule has 1 fully saturated rings. The first-order valence-electron chi connectivity index (χ1n) is 6.17. The predicted molar refractivity (Wildman–Crippen MR) is 73.6 cm³/mol. The van der Waals surface area contributed by atoms with E-state index in [0.717, 1.165) is 10.9 Å². The van der Waals surface area contributed by atoms with Gasteiger partial charge >= 0.3 is 5.97 Å². The average Bonchev–Trinajstić information content (AvgIpc) is 3.09. The molecule has 1 heterocycles. The number of nitrogens with one attached hydrogen (secondary N) is 1. The number of thiophene rings is 1. The second-order valence-electron chi connectivity index (χ2n) is 5.04. The SMILES string of the molecule is Cc1c(C(=O)NC2(C(=O)O)CC2)sc2cc(F)ccc12. The molecule has 1 aromatic carbocycles. The van der Waals surface area contributed by atoms with Gasteiger partial charge in [-0.05, 0) is 42.8 Å². The molecule has 0 spiro atoms. The van der Waals surface area contributed by atoms with Gasteiger partial charge in [-0.2, -0.15) is 0 Å². The van der Waals surface area contributed by atoms with Gasteiger partial charge in [0.25, 0.3) is 5.91 Å². The van der Waals surface area contributed by atoms with Crippen LogP contribution in [0.4, 0.5) is 4.39 Å². The Morgan fingerprint density at radius 3 is 2.70 bits per heavy atom. The monoisotopic (exact) mass is 293 g/mol. The van der Waals surface area contributed by atoms with E-state index in [0.29, 0.717) is 22.4 Å². The molecule has 0 atom stereocenters. The second kappa shape index (κ2) is 4.28. The largest absolute Gasteiger partial charge is 0.480 e. The molecule has 0 bridgehead atoms. The van der Waals surface area contributed by atoms with Crippen molar-refractivity contribution in [2.24, 2.45) is 0 Å². The van der Waals surface area contributed by atoms with E-state index in [1.165, 1.54) is 23.5 Å². The van der Waals surface area contributed by atoms with Crippen LogP contribution in [0.25, 0.3) is 10.1 Å². The Morgan fingerprint density at radius 2 is 2.10 bits per heavy atom. The van der Waals surface area contributed by atoms with E-state index in [1.807, 2.05) is 0 Å². The first-order chi connectivity index (χ1) is 9.43. The maximum absolute atomic E-state index is 13.2. The first kappa shape index (κ1) is 13.1. The van der Waals surface area contributed by atoms with Crippen molar-refractivity contribution in [1.29, 1.82) is 0 Å². The van der Waals surface area contributed by atoms with E-state index >= 15 is 0 Å². The number of fused-ring (bicyclic) bond motifs is 1. The second-order valence-corrected chi connectivity index (χ2v) is 6.09. The smallest absolute Gasteiger partial charge is 0.329 e. The predicted octanol–water partition coefficient (Wildman–Crippen LogP) is 2.70. The highest BCUT2D eigenvalue weighted by atomic mass is 32.1. The molecule has 1 saturated carbocycles. The molecule has 20 heavy (non-hydrogen) atoms. The number of aryl methyl sites for hydroxylation is 1. The maximum atomic E-state index is 13.2. The fraction of sp³-hybridized carbons (Fsp3) is 0.286. The van der Waals surface area contributed by atoms with Crippen LogP contribution in [0.15, 0.2) is 18.2 Å². The van der Waals surface area contributed by atoms with Gasteiger partial charge < -0.3 is 10.4 Å². The zero-order valence-electron chi connectivity index (χ0n) is 10.7. The Labute approximate surface area is 118 Å². The highest BCUT2D eigenvalue weighted by Crippen LogP contribution is 2.37. The van der Waals surface area contributed by atoms with Crippen LogP contribution < -0.4 is 5.32 Å². The van der Waals surface area contributed by atoms with Crippen LogP contribution in [0.3, 0.4) is 0 Å². The Bertz CT molecular complexity index is 733. The molecular weight excluding hydrogens is 281 g/mol. The van der Waals surface area contributed by atoms with Crippen molar-refractivity contribution in [2.75, 3.05) is 0 Å². The summed E-state index contributed by atoms with van der Waals surface area (Å²) in [4.78, 5) is 23.8. The summed E-state index contributed by atoms with van der Waals surface area (Å²) in [6.45, 7) is 1.78. The highest BCUT2D eigenvalue weighted by molar-refractivity contribution is 7.21. The lowest BCUT2D eigenvalue weighted by molar-refractivity contribution is -0.140. The van der Waals surface area contributed by atoms with Gasteiger partial charge in [0.2, 0.25) is 0 Å². The zero-order chi connectivity index (χ0) is 14.5. The fourth-order valence-electron chi connectivity index (χ4n) is 2.21. The normalized spacial score (nSPS) is 16.1. The van der Waals surface area contributed by atoms with Crippen molar-refractivity contribution >= 4 is 33.3 Å². The number of halogens is 1. The van der Waals surface area contributed by atoms with E-state index < -0.39 is 17.4 Å². The zero-order valence-corrected chi connectivity index (χ0v) is 11.5. The lowest BCUT2D eigenvalue weighted by Crippen LogP contribution is -2.42.